The molecule has 6 heteroatoms. The van der Waals surface area contributed by atoms with Gasteiger partial charge in [0.2, 0.25) is 5.91 Å². The normalized spacial score (nSPS) is 11.6. The number of thioether (sulfide) groups is 1. The summed E-state index contributed by atoms with van der Waals surface area (Å²) in [5, 5.41) is 1.01. The Hall–Kier alpha value is -1.27. The number of rotatable bonds is 7. The van der Waals surface area contributed by atoms with E-state index in [0.29, 0.717) is 5.75 Å². The van der Waals surface area contributed by atoms with Gasteiger partial charge in [-0.1, -0.05) is 37.3 Å². The monoisotopic (exact) mass is 299 g/mol. The maximum atomic E-state index is 11.6. The van der Waals surface area contributed by atoms with Gasteiger partial charge in [0.15, 0.2) is 0 Å². The van der Waals surface area contributed by atoms with Gasteiger partial charge in [-0.2, -0.15) is 11.8 Å². The Bertz CT molecular complexity index is 524. The standard InChI is InChI=1S/C13H17NO3S2/c1-2-18-10-8-13(15)14-19(16,17)11-9-12-6-4-3-5-7-12/h3-7,9,11H,2,8,10H2,1H3,(H,14,15)/b11-9+. The van der Waals surface area contributed by atoms with Gasteiger partial charge in [-0.25, -0.2) is 13.1 Å². The Morgan fingerprint density at radius 2 is 2.00 bits per heavy atom. The van der Waals surface area contributed by atoms with Crippen LogP contribution in [0, 0.1) is 0 Å². The lowest BCUT2D eigenvalue weighted by atomic mass is 10.2. The fourth-order valence-electron chi connectivity index (χ4n) is 1.29. The molecule has 0 aliphatic carbocycles. The van der Waals surface area contributed by atoms with Crippen LogP contribution in [0.15, 0.2) is 35.7 Å². The van der Waals surface area contributed by atoms with Crippen molar-refractivity contribution < 1.29 is 13.2 Å². The number of sulfonamides is 1. The van der Waals surface area contributed by atoms with Crippen LogP contribution in [0.2, 0.25) is 0 Å². The van der Waals surface area contributed by atoms with E-state index in [1.165, 1.54) is 6.08 Å². The van der Waals surface area contributed by atoms with Crippen LogP contribution in [-0.4, -0.2) is 25.8 Å². The van der Waals surface area contributed by atoms with Gasteiger partial charge in [0.25, 0.3) is 10.0 Å². The first-order chi connectivity index (χ1) is 9.03. The molecule has 0 fully saturated rings. The van der Waals surface area contributed by atoms with Crippen molar-refractivity contribution in [2.45, 2.75) is 13.3 Å². The van der Waals surface area contributed by atoms with Crippen molar-refractivity contribution in [3.8, 4) is 0 Å². The van der Waals surface area contributed by atoms with Gasteiger partial charge in [0.05, 0.1) is 5.41 Å². The van der Waals surface area contributed by atoms with E-state index in [2.05, 4.69) is 0 Å². The summed E-state index contributed by atoms with van der Waals surface area (Å²) < 4.78 is 25.3. The zero-order valence-corrected chi connectivity index (χ0v) is 12.3. The smallest absolute Gasteiger partial charge is 0.257 e. The van der Waals surface area contributed by atoms with Crippen LogP contribution in [0.25, 0.3) is 6.08 Å². The maximum absolute atomic E-state index is 11.6. The molecule has 0 saturated heterocycles. The number of hydrogen-bond donors (Lipinski definition) is 1. The summed E-state index contributed by atoms with van der Waals surface area (Å²) in [5.41, 5.74) is 0.766. The van der Waals surface area contributed by atoms with E-state index in [9.17, 15) is 13.2 Å². The van der Waals surface area contributed by atoms with E-state index < -0.39 is 15.9 Å². The summed E-state index contributed by atoms with van der Waals surface area (Å²) in [6, 6.07) is 9.04. The first-order valence-corrected chi connectivity index (χ1v) is 8.60. The van der Waals surface area contributed by atoms with Crippen LogP contribution in [0.3, 0.4) is 0 Å². The van der Waals surface area contributed by atoms with Gasteiger partial charge in [-0.05, 0) is 17.4 Å². The minimum atomic E-state index is -3.71. The molecule has 0 saturated carbocycles. The molecule has 104 valence electrons. The molecular weight excluding hydrogens is 282 g/mol. The highest BCUT2D eigenvalue weighted by Crippen LogP contribution is 2.04. The Balaban J connectivity index is 2.52. The highest BCUT2D eigenvalue weighted by molar-refractivity contribution is 7.99. The fraction of sp³-hybridized carbons (Fsp3) is 0.308. The van der Waals surface area contributed by atoms with E-state index in [1.54, 1.807) is 23.9 Å². The van der Waals surface area contributed by atoms with Gasteiger partial charge in [0, 0.05) is 12.2 Å². The third-order valence-corrected chi connectivity index (χ3v) is 4.08. The minimum Gasteiger partial charge on any atom is -0.274 e. The van der Waals surface area contributed by atoms with E-state index in [-0.39, 0.29) is 6.42 Å². The van der Waals surface area contributed by atoms with E-state index in [1.807, 2.05) is 29.8 Å². The topological polar surface area (TPSA) is 63.2 Å². The zero-order chi connectivity index (χ0) is 14.1. The lowest BCUT2D eigenvalue weighted by Crippen LogP contribution is -2.28. The summed E-state index contributed by atoms with van der Waals surface area (Å²) >= 11 is 1.60. The zero-order valence-electron chi connectivity index (χ0n) is 10.7. The van der Waals surface area contributed by atoms with Crippen molar-refractivity contribution in [3.63, 3.8) is 0 Å². The molecule has 1 aromatic rings. The first kappa shape index (κ1) is 15.8. The first-order valence-electron chi connectivity index (χ1n) is 5.90. The van der Waals surface area contributed by atoms with Crippen molar-refractivity contribution in [1.29, 1.82) is 0 Å². The van der Waals surface area contributed by atoms with Crippen molar-refractivity contribution in [2.75, 3.05) is 11.5 Å². The number of amides is 1. The summed E-state index contributed by atoms with van der Waals surface area (Å²) in [6.45, 7) is 1.99. The van der Waals surface area contributed by atoms with Crippen LogP contribution in [-0.2, 0) is 14.8 Å². The van der Waals surface area contributed by atoms with Gasteiger partial charge in [0.1, 0.15) is 0 Å². The molecule has 0 radical (unpaired) electrons. The number of benzene rings is 1. The molecule has 0 bridgehead atoms. The molecule has 1 N–H and O–H groups in total. The molecule has 4 nitrogen and oxygen atoms in total. The SMILES string of the molecule is CCSCCC(=O)NS(=O)(=O)/C=C/c1ccccc1. The molecule has 0 unspecified atom stereocenters. The molecule has 0 atom stereocenters. The molecule has 0 heterocycles. The van der Waals surface area contributed by atoms with Crippen LogP contribution >= 0.6 is 11.8 Å². The average Bonchev–Trinajstić information content (AvgIpc) is 2.37. The second-order valence-electron chi connectivity index (χ2n) is 3.73. The molecule has 0 aliphatic heterocycles. The highest BCUT2D eigenvalue weighted by atomic mass is 32.2. The molecule has 1 rings (SSSR count). The average molecular weight is 299 g/mol. The summed E-state index contributed by atoms with van der Waals surface area (Å²) in [7, 11) is -3.71. The second kappa shape index (κ2) is 8.01. The summed E-state index contributed by atoms with van der Waals surface area (Å²) in [5.74, 6) is 1.06. The fourth-order valence-corrected chi connectivity index (χ4v) is 2.73. The molecule has 1 aromatic carbocycles. The molecule has 0 aliphatic rings. The number of carbonyl (C=O) groups excluding carboxylic acids is 1. The predicted octanol–water partition coefficient (Wildman–Crippen LogP) is 2.25. The van der Waals surface area contributed by atoms with Gasteiger partial charge < -0.3 is 0 Å². The maximum Gasteiger partial charge on any atom is 0.257 e. The Morgan fingerprint density at radius 1 is 1.32 bits per heavy atom. The van der Waals surface area contributed by atoms with Crippen LogP contribution in [0.1, 0.15) is 18.9 Å². The second-order valence-corrected chi connectivity index (χ2v) is 6.69. The lowest BCUT2D eigenvalue weighted by Gasteiger charge is -2.02. The Kier molecular flexibility index (Phi) is 6.66. The predicted molar refractivity (Wildman–Crippen MR) is 80.2 cm³/mol. The van der Waals surface area contributed by atoms with Crippen LogP contribution in [0.4, 0.5) is 0 Å². The molecular formula is C13H17NO3S2. The third-order valence-electron chi connectivity index (χ3n) is 2.17. The van der Waals surface area contributed by atoms with Crippen molar-refractivity contribution >= 4 is 33.8 Å². The lowest BCUT2D eigenvalue weighted by molar-refractivity contribution is -0.118. The van der Waals surface area contributed by atoms with Crippen LogP contribution in [0.5, 0.6) is 0 Å². The van der Waals surface area contributed by atoms with Gasteiger partial charge >= 0.3 is 0 Å². The highest BCUT2D eigenvalue weighted by Gasteiger charge is 2.10. The molecule has 1 amide bonds. The quantitative estimate of drug-likeness (QED) is 0.784. The number of hydrogen-bond acceptors (Lipinski definition) is 4. The number of nitrogens with one attached hydrogen (secondary N) is 1. The molecule has 0 aromatic heterocycles. The molecule has 19 heavy (non-hydrogen) atoms. The van der Waals surface area contributed by atoms with E-state index >= 15 is 0 Å². The molecule has 0 spiro atoms. The van der Waals surface area contributed by atoms with Gasteiger partial charge in [-0.15, -0.1) is 0 Å². The minimum absolute atomic E-state index is 0.205. The Labute approximate surface area is 118 Å². The van der Waals surface area contributed by atoms with Crippen molar-refractivity contribution in [3.05, 3.63) is 41.3 Å². The van der Waals surface area contributed by atoms with E-state index in [0.717, 1.165) is 16.7 Å². The summed E-state index contributed by atoms with van der Waals surface area (Å²) in [4.78, 5) is 11.4. The number of carbonyl (C=O) groups is 1. The van der Waals surface area contributed by atoms with Crippen LogP contribution < -0.4 is 4.72 Å². The summed E-state index contributed by atoms with van der Waals surface area (Å²) in [6.07, 6.45) is 1.66. The van der Waals surface area contributed by atoms with E-state index in [4.69, 9.17) is 0 Å². The van der Waals surface area contributed by atoms with Crippen molar-refractivity contribution in [1.82, 2.24) is 4.72 Å². The third kappa shape index (κ3) is 7.03. The Morgan fingerprint density at radius 3 is 2.63 bits per heavy atom. The van der Waals surface area contributed by atoms with Crippen molar-refractivity contribution in [2.24, 2.45) is 0 Å². The van der Waals surface area contributed by atoms with Gasteiger partial charge in [-0.3, -0.25) is 4.79 Å². The largest absolute Gasteiger partial charge is 0.274 e.